The maximum absolute atomic E-state index is 9.23. The molecule has 1 aliphatic heterocycles. The third kappa shape index (κ3) is 4.62. The van der Waals surface area contributed by atoms with Crippen molar-refractivity contribution in [3.05, 3.63) is 23.4 Å². The van der Waals surface area contributed by atoms with E-state index in [4.69, 9.17) is 0 Å². The standard InChI is InChI=1S/C16H24N4S/c1-13-4-5-14(12-17)16(19-13)20-9-6-15(7-10-20)18-8-3-11-21-2/h4-5,15,18H,3,6-11H2,1-2H3. The molecule has 1 aromatic heterocycles. The number of nitriles is 1. The van der Waals surface area contributed by atoms with Gasteiger partial charge in [0.15, 0.2) is 0 Å². The first-order valence-electron chi connectivity index (χ1n) is 7.59. The van der Waals surface area contributed by atoms with Gasteiger partial charge in [-0.3, -0.25) is 0 Å². The van der Waals surface area contributed by atoms with Gasteiger partial charge in [-0.2, -0.15) is 17.0 Å². The van der Waals surface area contributed by atoms with Crippen LogP contribution in [0.1, 0.15) is 30.5 Å². The number of thioether (sulfide) groups is 1. The van der Waals surface area contributed by atoms with Crippen LogP contribution in [0.4, 0.5) is 5.82 Å². The minimum absolute atomic E-state index is 0.610. The van der Waals surface area contributed by atoms with Gasteiger partial charge in [-0.25, -0.2) is 4.98 Å². The van der Waals surface area contributed by atoms with Gasteiger partial charge in [0.25, 0.3) is 0 Å². The molecule has 1 N–H and O–H groups in total. The number of hydrogen-bond acceptors (Lipinski definition) is 5. The van der Waals surface area contributed by atoms with Crippen LogP contribution in [0.25, 0.3) is 0 Å². The largest absolute Gasteiger partial charge is 0.355 e. The number of nitrogens with zero attached hydrogens (tertiary/aromatic N) is 3. The average molecular weight is 304 g/mol. The number of pyridine rings is 1. The Kier molecular flexibility index (Phi) is 6.34. The lowest BCUT2D eigenvalue weighted by molar-refractivity contribution is 0.415. The zero-order chi connectivity index (χ0) is 15.1. The minimum atomic E-state index is 0.610. The van der Waals surface area contributed by atoms with Gasteiger partial charge in [0.05, 0.1) is 5.56 Å². The summed E-state index contributed by atoms with van der Waals surface area (Å²) >= 11 is 1.90. The molecule has 0 radical (unpaired) electrons. The van der Waals surface area contributed by atoms with Crippen molar-refractivity contribution in [3.63, 3.8) is 0 Å². The predicted molar refractivity (Wildman–Crippen MR) is 89.9 cm³/mol. The molecule has 0 aliphatic carbocycles. The van der Waals surface area contributed by atoms with Crippen LogP contribution in [0.2, 0.25) is 0 Å². The van der Waals surface area contributed by atoms with E-state index in [1.54, 1.807) is 0 Å². The number of anilines is 1. The Morgan fingerprint density at radius 1 is 1.43 bits per heavy atom. The number of rotatable bonds is 6. The Balaban J connectivity index is 1.87. The van der Waals surface area contributed by atoms with Gasteiger partial charge in [-0.05, 0) is 56.9 Å². The minimum Gasteiger partial charge on any atom is -0.355 e. The molecular weight excluding hydrogens is 280 g/mol. The van der Waals surface area contributed by atoms with Gasteiger partial charge in [-0.1, -0.05) is 0 Å². The van der Waals surface area contributed by atoms with Crippen molar-refractivity contribution >= 4 is 17.6 Å². The van der Waals surface area contributed by atoms with E-state index >= 15 is 0 Å². The van der Waals surface area contributed by atoms with E-state index in [9.17, 15) is 5.26 Å². The first kappa shape index (κ1) is 16.1. The van der Waals surface area contributed by atoms with Crippen LogP contribution in [-0.2, 0) is 0 Å². The van der Waals surface area contributed by atoms with E-state index in [-0.39, 0.29) is 0 Å². The molecule has 1 aromatic rings. The fourth-order valence-corrected chi connectivity index (χ4v) is 3.12. The summed E-state index contributed by atoms with van der Waals surface area (Å²) in [7, 11) is 0. The molecule has 2 rings (SSSR count). The zero-order valence-corrected chi connectivity index (χ0v) is 13.7. The average Bonchev–Trinajstić information content (AvgIpc) is 2.52. The molecular formula is C16H24N4S. The molecule has 1 fully saturated rings. The molecule has 0 bridgehead atoms. The van der Waals surface area contributed by atoms with Crippen LogP contribution < -0.4 is 10.2 Å². The molecule has 0 atom stereocenters. The number of aryl methyl sites for hydroxylation is 1. The van der Waals surface area contributed by atoms with E-state index in [0.717, 1.165) is 44.0 Å². The summed E-state index contributed by atoms with van der Waals surface area (Å²) in [6, 6.07) is 6.65. The van der Waals surface area contributed by atoms with Crippen molar-refractivity contribution in [3.8, 4) is 6.07 Å². The highest BCUT2D eigenvalue weighted by atomic mass is 32.2. The van der Waals surface area contributed by atoms with Crippen LogP contribution in [0.15, 0.2) is 12.1 Å². The van der Waals surface area contributed by atoms with Crippen LogP contribution in [0, 0.1) is 18.3 Å². The van der Waals surface area contributed by atoms with Crippen LogP contribution >= 0.6 is 11.8 Å². The molecule has 2 heterocycles. The zero-order valence-electron chi connectivity index (χ0n) is 12.9. The van der Waals surface area contributed by atoms with Gasteiger partial charge in [0.2, 0.25) is 0 Å². The number of nitrogens with one attached hydrogen (secondary N) is 1. The maximum Gasteiger partial charge on any atom is 0.146 e. The molecule has 21 heavy (non-hydrogen) atoms. The Hall–Kier alpha value is -1.25. The van der Waals surface area contributed by atoms with Gasteiger partial charge in [0.1, 0.15) is 11.9 Å². The highest BCUT2D eigenvalue weighted by Crippen LogP contribution is 2.22. The molecule has 0 amide bonds. The van der Waals surface area contributed by atoms with Gasteiger partial charge < -0.3 is 10.2 Å². The molecule has 114 valence electrons. The number of aromatic nitrogens is 1. The van der Waals surface area contributed by atoms with E-state index in [2.05, 4.69) is 27.5 Å². The van der Waals surface area contributed by atoms with Crippen molar-refractivity contribution in [2.24, 2.45) is 0 Å². The monoisotopic (exact) mass is 304 g/mol. The molecule has 0 spiro atoms. The number of piperidine rings is 1. The first-order chi connectivity index (χ1) is 10.2. The third-order valence-corrected chi connectivity index (χ3v) is 4.58. The van der Waals surface area contributed by atoms with Crippen molar-refractivity contribution in [1.82, 2.24) is 10.3 Å². The van der Waals surface area contributed by atoms with E-state index in [0.29, 0.717) is 11.6 Å². The fourth-order valence-electron chi connectivity index (χ4n) is 2.69. The highest BCUT2D eigenvalue weighted by molar-refractivity contribution is 7.98. The third-order valence-electron chi connectivity index (χ3n) is 3.89. The molecule has 0 saturated carbocycles. The second-order valence-electron chi connectivity index (χ2n) is 5.50. The van der Waals surface area contributed by atoms with E-state index in [1.807, 2.05) is 30.8 Å². The van der Waals surface area contributed by atoms with Crippen LogP contribution in [0.3, 0.4) is 0 Å². The van der Waals surface area contributed by atoms with Gasteiger partial charge in [-0.15, -0.1) is 0 Å². The topological polar surface area (TPSA) is 52.0 Å². The second-order valence-corrected chi connectivity index (χ2v) is 6.48. The summed E-state index contributed by atoms with van der Waals surface area (Å²) in [5, 5.41) is 12.9. The SMILES string of the molecule is CSCCCNC1CCN(c2nc(C)ccc2C#N)CC1. The summed E-state index contributed by atoms with van der Waals surface area (Å²) in [6.45, 7) is 5.04. The van der Waals surface area contributed by atoms with Crippen molar-refractivity contribution in [1.29, 1.82) is 5.26 Å². The molecule has 0 aromatic carbocycles. The molecule has 4 nitrogen and oxygen atoms in total. The van der Waals surface area contributed by atoms with Crippen molar-refractivity contribution in [2.45, 2.75) is 32.2 Å². The normalized spacial score (nSPS) is 16.0. The fraction of sp³-hybridized carbons (Fsp3) is 0.625. The second kappa shape index (κ2) is 8.26. The Bertz CT molecular complexity index is 490. The summed E-state index contributed by atoms with van der Waals surface area (Å²) in [6.07, 6.45) is 5.64. The molecule has 5 heteroatoms. The lowest BCUT2D eigenvalue weighted by Gasteiger charge is -2.33. The lowest BCUT2D eigenvalue weighted by Crippen LogP contribution is -2.43. The Morgan fingerprint density at radius 3 is 2.86 bits per heavy atom. The van der Waals surface area contributed by atoms with E-state index < -0.39 is 0 Å². The Morgan fingerprint density at radius 2 is 2.19 bits per heavy atom. The highest BCUT2D eigenvalue weighted by Gasteiger charge is 2.21. The Labute approximate surface area is 131 Å². The smallest absolute Gasteiger partial charge is 0.146 e. The first-order valence-corrected chi connectivity index (χ1v) is 8.99. The quantitative estimate of drug-likeness (QED) is 0.819. The van der Waals surface area contributed by atoms with Gasteiger partial charge in [0, 0.05) is 24.8 Å². The maximum atomic E-state index is 9.23. The van der Waals surface area contributed by atoms with Crippen molar-refractivity contribution in [2.75, 3.05) is 36.5 Å². The molecule has 1 saturated heterocycles. The predicted octanol–water partition coefficient (Wildman–Crippen LogP) is 2.57. The van der Waals surface area contributed by atoms with Crippen LogP contribution in [-0.4, -0.2) is 42.7 Å². The molecule has 1 aliphatic rings. The summed E-state index contributed by atoms with van der Waals surface area (Å²) in [5.41, 5.74) is 1.66. The number of hydrogen-bond donors (Lipinski definition) is 1. The van der Waals surface area contributed by atoms with E-state index in [1.165, 1.54) is 12.2 Å². The van der Waals surface area contributed by atoms with Crippen molar-refractivity contribution < 1.29 is 0 Å². The lowest BCUT2D eigenvalue weighted by atomic mass is 10.0. The van der Waals surface area contributed by atoms with Crippen LogP contribution in [0.5, 0.6) is 0 Å². The summed E-state index contributed by atoms with van der Waals surface area (Å²) in [4.78, 5) is 6.82. The molecule has 0 unspecified atom stereocenters. The van der Waals surface area contributed by atoms with Gasteiger partial charge >= 0.3 is 0 Å². The summed E-state index contributed by atoms with van der Waals surface area (Å²) < 4.78 is 0. The summed E-state index contributed by atoms with van der Waals surface area (Å²) in [5.74, 6) is 2.09.